The minimum atomic E-state index is -4.73. The van der Waals surface area contributed by atoms with Crippen LogP contribution in [0.15, 0.2) is 60.7 Å². The van der Waals surface area contributed by atoms with E-state index in [1.165, 1.54) is 19.2 Å². The molecule has 0 aliphatic rings. The number of hydrogen-bond donors (Lipinski definition) is 2. The van der Waals surface area contributed by atoms with Crippen LogP contribution in [0, 0.1) is 5.82 Å². The molecule has 0 fully saturated rings. The van der Waals surface area contributed by atoms with E-state index >= 15 is 0 Å². The molecule has 0 atom stereocenters. The molecule has 0 radical (unpaired) electrons. The number of carboxylic acids is 1. The number of halogens is 4. The molecule has 2 N–H and O–H groups in total. The molecule has 0 saturated carbocycles. The molecule has 0 aliphatic carbocycles. The number of alkyl halides is 3. The second-order valence-corrected chi connectivity index (χ2v) is 7.42. The van der Waals surface area contributed by atoms with Gasteiger partial charge in [0.25, 0.3) is 5.91 Å². The summed E-state index contributed by atoms with van der Waals surface area (Å²) < 4.78 is 63.1. The third kappa shape index (κ3) is 6.57. The van der Waals surface area contributed by atoms with Gasteiger partial charge in [-0.15, -0.1) is 0 Å². The molecule has 10 heteroatoms. The summed E-state index contributed by atoms with van der Waals surface area (Å²) in [6.45, 7) is 0.373. The minimum absolute atomic E-state index is 0.0931. The van der Waals surface area contributed by atoms with Gasteiger partial charge in [-0.1, -0.05) is 18.2 Å². The third-order valence-electron chi connectivity index (χ3n) is 5.03. The zero-order valence-corrected chi connectivity index (χ0v) is 18.5. The van der Waals surface area contributed by atoms with E-state index in [2.05, 4.69) is 5.32 Å². The molecule has 6 nitrogen and oxygen atoms in total. The number of carbonyl (C=O) groups excluding carboxylic acids is 1. The van der Waals surface area contributed by atoms with Crippen LogP contribution >= 0.6 is 0 Å². The Kier molecular flexibility index (Phi) is 8.08. The summed E-state index contributed by atoms with van der Waals surface area (Å²) in [7, 11) is 1.50. The van der Waals surface area contributed by atoms with Crippen LogP contribution in [0.25, 0.3) is 11.1 Å². The van der Waals surface area contributed by atoms with E-state index < -0.39 is 35.0 Å². The first-order valence-electron chi connectivity index (χ1n) is 10.3. The predicted molar refractivity (Wildman–Crippen MR) is 119 cm³/mol. The molecule has 1 amide bonds. The van der Waals surface area contributed by atoms with E-state index in [9.17, 15) is 32.3 Å². The highest BCUT2D eigenvalue weighted by Crippen LogP contribution is 2.31. The van der Waals surface area contributed by atoms with Gasteiger partial charge in [0.15, 0.2) is 0 Å². The van der Waals surface area contributed by atoms with Crippen molar-refractivity contribution in [1.29, 1.82) is 0 Å². The van der Waals surface area contributed by atoms with E-state index in [1.54, 1.807) is 30.3 Å². The Morgan fingerprint density at radius 3 is 2.37 bits per heavy atom. The fourth-order valence-corrected chi connectivity index (χ4v) is 3.25. The Morgan fingerprint density at radius 1 is 0.971 bits per heavy atom. The summed E-state index contributed by atoms with van der Waals surface area (Å²) in [5.74, 6) is -2.89. The van der Waals surface area contributed by atoms with Gasteiger partial charge in [-0.3, -0.25) is 4.79 Å². The monoisotopic (exact) mass is 491 g/mol. The zero-order chi connectivity index (χ0) is 25.6. The fraction of sp³-hybridized carbons (Fsp3) is 0.200. The first kappa shape index (κ1) is 25.7. The van der Waals surface area contributed by atoms with Crippen molar-refractivity contribution in [3.8, 4) is 16.9 Å². The summed E-state index contributed by atoms with van der Waals surface area (Å²) in [6.07, 6.45) is -4.73. The average molecular weight is 491 g/mol. The minimum Gasteiger partial charge on any atom is -0.491 e. The molecule has 3 aromatic rings. The van der Waals surface area contributed by atoms with Gasteiger partial charge in [-0.25, -0.2) is 9.18 Å². The normalized spacial score (nSPS) is 11.2. The van der Waals surface area contributed by atoms with Gasteiger partial charge < -0.3 is 19.9 Å². The van der Waals surface area contributed by atoms with E-state index in [-0.39, 0.29) is 24.8 Å². The maximum absolute atomic E-state index is 14.2. The number of nitrogens with one attached hydrogen (secondary N) is 1. The van der Waals surface area contributed by atoms with Crippen molar-refractivity contribution < 1.29 is 41.7 Å². The maximum Gasteiger partial charge on any atom is 0.416 e. The van der Waals surface area contributed by atoms with Crippen molar-refractivity contribution in [3.63, 3.8) is 0 Å². The topological polar surface area (TPSA) is 84.9 Å². The number of methoxy groups -OCH3 is 1. The second kappa shape index (κ2) is 11.0. The Morgan fingerprint density at radius 2 is 1.71 bits per heavy atom. The van der Waals surface area contributed by atoms with Crippen LogP contribution in [0.2, 0.25) is 0 Å². The first-order valence-corrected chi connectivity index (χ1v) is 10.3. The van der Waals surface area contributed by atoms with Gasteiger partial charge in [0, 0.05) is 19.2 Å². The van der Waals surface area contributed by atoms with Crippen molar-refractivity contribution in [2.45, 2.75) is 12.7 Å². The highest BCUT2D eigenvalue weighted by atomic mass is 19.4. The lowest BCUT2D eigenvalue weighted by Gasteiger charge is -2.15. The number of carboxylic acid groups (broad SMARTS) is 1. The Labute approximate surface area is 198 Å². The summed E-state index contributed by atoms with van der Waals surface area (Å²) in [4.78, 5) is 23.8. The van der Waals surface area contributed by atoms with E-state index in [0.29, 0.717) is 35.1 Å². The largest absolute Gasteiger partial charge is 0.491 e. The van der Waals surface area contributed by atoms with Crippen LogP contribution in [0.4, 0.5) is 17.6 Å². The lowest BCUT2D eigenvalue weighted by molar-refractivity contribution is -0.137. The highest BCUT2D eigenvalue weighted by molar-refractivity contribution is 5.94. The molecular formula is C25H21F4NO5. The van der Waals surface area contributed by atoms with Crippen molar-refractivity contribution in [2.24, 2.45) is 0 Å². The average Bonchev–Trinajstić information content (AvgIpc) is 2.82. The molecular weight excluding hydrogens is 470 g/mol. The maximum atomic E-state index is 14.2. The molecule has 0 spiro atoms. The lowest BCUT2D eigenvalue weighted by Crippen LogP contribution is -2.24. The second-order valence-electron chi connectivity index (χ2n) is 7.42. The Balaban J connectivity index is 1.86. The molecule has 0 saturated heterocycles. The molecule has 0 bridgehead atoms. The summed E-state index contributed by atoms with van der Waals surface area (Å²) >= 11 is 0. The highest BCUT2D eigenvalue weighted by Gasteiger charge is 2.31. The van der Waals surface area contributed by atoms with Gasteiger partial charge in [-0.2, -0.15) is 13.2 Å². The van der Waals surface area contributed by atoms with E-state index in [1.807, 2.05) is 0 Å². The molecule has 0 heterocycles. The van der Waals surface area contributed by atoms with Gasteiger partial charge in [0.05, 0.1) is 23.3 Å². The quantitative estimate of drug-likeness (QED) is 0.319. The molecule has 184 valence electrons. The summed E-state index contributed by atoms with van der Waals surface area (Å²) in [6, 6.07) is 12.9. The number of carbonyl (C=O) groups is 2. The summed E-state index contributed by atoms with van der Waals surface area (Å²) in [5.41, 5.74) is 0.0873. The predicted octanol–water partition coefficient (Wildman–Crippen LogP) is 5.16. The number of hydrogen-bond acceptors (Lipinski definition) is 4. The van der Waals surface area contributed by atoms with Crippen molar-refractivity contribution in [1.82, 2.24) is 5.32 Å². The van der Waals surface area contributed by atoms with Crippen molar-refractivity contribution in [2.75, 3.05) is 20.3 Å². The van der Waals surface area contributed by atoms with Gasteiger partial charge >= 0.3 is 12.1 Å². The molecule has 3 aromatic carbocycles. The van der Waals surface area contributed by atoms with Gasteiger partial charge in [0.2, 0.25) is 0 Å². The van der Waals surface area contributed by atoms with Crippen molar-refractivity contribution >= 4 is 11.9 Å². The van der Waals surface area contributed by atoms with Crippen molar-refractivity contribution in [3.05, 3.63) is 88.7 Å². The SMILES string of the molecule is COCCOc1ccc(-c2cccc(C(=O)O)c2)cc1CNC(=O)c1ccc(C(F)(F)F)cc1F. The van der Waals surface area contributed by atoms with Crippen LogP contribution in [-0.2, 0) is 17.5 Å². The summed E-state index contributed by atoms with van der Waals surface area (Å²) in [5, 5.41) is 11.7. The van der Waals surface area contributed by atoms with Crippen LogP contribution in [0.3, 0.4) is 0 Å². The molecule has 3 rings (SSSR count). The van der Waals surface area contributed by atoms with E-state index in [0.717, 1.165) is 6.07 Å². The molecule has 0 unspecified atom stereocenters. The van der Waals surface area contributed by atoms with Crippen LogP contribution in [0.1, 0.15) is 31.8 Å². The number of ether oxygens (including phenoxy) is 2. The Hall–Kier alpha value is -3.92. The zero-order valence-electron chi connectivity index (χ0n) is 18.5. The lowest BCUT2D eigenvalue weighted by atomic mass is 10.0. The smallest absolute Gasteiger partial charge is 0.416 e. The third-order valence-corrected chi connectivity index (χ3v) is 5.03. The Bertz CT molecular complexity index is 1230. The number of amides is 1. The standard InChI is InChI=1S/C25H21F4NO5/c1-34-9-10-35-22-8-5-16(15-3-2-4-17(11-15)24(32)33)12-18(22)14-30-23(31)20-7-6-19(13-21(20)26)25(27,28)29/h2-8,11-13H,9-10,14H2,1H3,(H,30,31)(H,32,33). The van der Waals surface area contributed by atoms with Crippen LogP contribution in [0.5, 0.6) is 5.75 Å². The molecule has 0 aromatic heterocycles. The van der Waals surface area contributed by atoms with Crippen LogP contribution in [-0.4, -0.2) is 37.3 Å². The number of benzene rings is 3. The van der Waals surface area contributed by atoms with E-state index in [4.69, 9.17) is 9.47 Å². The fourth-order valence-electron chi connectivity index (χ4n) is 3.25. The first-order chi connectivity index (χ1) is 16.6. The number of aromatic carboxylic acids is 1. The van der Waals surface area contributed by atoms with Gasteiger partial charge in [-0.05, 0) is 53.6 Å². The molecule has 35 heavy (non-hydrogen) atoms. The molecule has 0 aliphatic heterocycles. The van der Waals surface area contributed by atoms with Gasteiger partial charge in [0.1, 0.15) is 18.2 Å². The number of rotatable bonds is 9. The van der Waals surface area contributed by atoms with Crippen LogP contribution < -0.4 is 10.1 Å².